The highest BCUT2D eigenvalue weighted by Gasteiger charge is 2.51. The second-order valence-electron chi connectivity index (χ2n) is 5.72. The van der Waals surface area contributed by atoms with Gasteiger partial charge in [-0.25, -0.2) is 0 Å². The smallest absolute Gasteiger partial charge is 0.307 e. The van der Waals surface area contributed by atoms with E-state index in [2.05, 4.69) is 5.32 Å². The van der Waals surface area contributed by atoms with Crippen LogP contribution in [0.1, 0.15) is 12.0 Å². The fourth-order valence-electron chi connectivity index (χ4n) is 3.44. The van der Waals surface area contributed by atoms with Gasteiger partial charge in [-0.1, -0.05) is 24.3 Å². The number of hydrogen-bond acceptors (Lipinski definition) is 3. The molecular weight excluding hydrogens is 270 g/mol. The zero-order valence-electron chi connectivity index (χ0n) is 11.4. The van der Waals surface area contributed by atoms with Crippen molar-refractivity contribution in [3.63, 3.8) is 0 Å². The average Bonchev–Trinajstić information content (AvgIpc) is 3.06. The molecule has 0 saturated heterocycles. The van der Waals surface area contributed by atoms with Crippen LogP contribution >= 0.6 is 0 Å². The van der Waals surface area contributed by atoms with Crippen LogP contribution < -0.4 is 5.32 Å². The molecule has 0 spiro atoms. The molecule has 0 aromatic heterocycles. The molecule has 2 bridgehead atoms. The molecule has 2 aliphatic rings. The van der Waals surface area contributed by atoms with E-state index in [-0.39, 0.29) is 23.5 Å². The zero-order chi connectivity index (χ0) is 15.0. The molecule has 1 fully saturated rings. The number of hydrogen-bond donors (Lipinski definition) is 3. The minimum atomic E-state index is -0.892. The molecule has 0 aliphatic heterocycles. The van der Waals surface area contributed by atoms with E-state index in [9.17, 15) is 19.8 Å². The van der Waals surface area contributed by atoms with Gasteiger partial charge in [0.15, 0.2) is 0 Å². The van der Waals surface area contributed by atoms with Gasteiger partial charge in [0.1, 0.15) is 5.75 Å². The lowest BCUT2D eigenvalue weighted by Gasteiger charge is -2.23. The molecule has 1 aromatic rings. The van der Waals surface area contributed by atoms with Gasteiger partial charge in [-0.05, 0) is 36.0 Å². The van der Waals surface area contributed by atoms with Crippen molar-refractivity contribution >= 4 is 11.9 Å². The number of rotatable bonds is 4. The number of allylic oxidation sites excluding steroid dienone is 2. The van der Waals surface area contributed by atoms with E-state index in [1.165, 1.54) is 0 Å². The van der Waals surface area contributed by atoms with Gasteiger partial charge in [0.05, 0.1) is 11.8 Å². The number of fused-ring (bicyclic) bond motifs is 2. The average molecular weight is 287 g/mol. The third-order valence-electron chi connectivity index (χ3n) is 4.45. The Hall–Kier alpha value is -2.30. The van der Waals surface area contributed by atoms with E-state index in [1.807, 2.05) is 12.2 Å². The van der Waals surface area contributed by atoms with Gasteiger partial charge in [-0.3, -0.25) is 9.59 Å². The van der Waals surface area contributed by atoms with E-state index in [4.69, 9.17) is 0 Å². The number of carbonyl (C=O) groups is 2. The number of phenolic OH excluding ortho intramolecular Hbond substituents is 1. The SMILES string of the molecule is O=C(O)C1C2C=CC(C2)C1C(=O)NCc1ccc(O)cc1. The first-order valence-corrected chi connectivity index (χ1v) is 7.03. The van der Waals surface area contributed by atoms with Gasteiger partial charge in [0.2, 0.25) is 5.91 Å². The van der Waals surface area contributed by atoms with Gasteiger partial charge in [-0.2, -0.15) is 0 Å². The summed E-state index contributed by atoms with van der Waals surface area (Å²) in [7, 11) is 0. The molecule has 5 nitrogen and oxygen atoms in total. The molecule has 0 heterocycles. The molecule has 1 amide bonds. The van der Waals surface area contributed by atoms with Crippen molar-refractivity contribution in [2.24, 2.45) is 23.7 Å². The van der Waals surface area contributed by atoms with E-state index in [0.717, 1.165) is 12.0 Å². The predicted octanol–water partition coefficient (Wildman–Crippen LogP) is 1.53. The quantitative estimate of drug-likeness (QED) is 0.733. The number of nitrogens with one attached hydrogen (secondary N) is 1. The molecule has 110 valence electrons. The Balaban J connectivity index is 1.66. The minimum Gasteiger partial charge on any atom is -0.508 e. The van der Waals surface area contributed by atoms with Crippen LogP contribution in [-0.2, 0) is 16.1 Å². The van der Waals surface area contributed by atoms with Crippen LogP contribution in [0.25, 0.3) is 0 Å². The van der Waals surface area contributed by atoms with Crippen LogP contribution in [0, 0.1) is 23.7 Å². The second kappa shape index (κ2) is 5.24. The lowest BCUT2D eigenvalue weighted by atomic mass is 9.82. The second-order valence-corrected chi connectivity index (χ2v) is 5.72. The summed E-state index contributed by atoms with van der Waals surface area (Å²) in [6, 6.07) is 6.57. The van der Waals surface area contributed by atoms with Gasteiger partial charge in [0, 0.05) is 6.54 Å². The number of aliphatic carboxylic acids is 1. The van der Waals surface area contributed by atoms with Crippen molar-refractivity contribution in [3.8, 4) is 5.75 Å². The molecule has 3 N–H and O–H groups in total. The van der Waals surface area contributed by atoms with Gasteiger partial charge in [-0.15, -0.1) is 0 Å². The van der Waals surface area contributed by atoms with Crippen LogP contribution in [0.5, 0.6) is 5.75 Å². The maximum Gasteiger partial charge on any atom is 0.307 e. The van der Waals surface area contributed by atoms with E-state index in [1.54, 1.807) is 24.3 Å². The Morgan fingerprint density at radius 2 is 1.71 bits per heavy atom. The zero-order valence-corrected chi connectivity index (χ0v) is 11.4. The monoisotopic (exact) mass is 287 g/mol. The predicted molar refractivity (Wildman–Crippen MR) is 75.3 cm³/mol. The topological polar surface area (TPSA) is 86.6 Å². The summed E-state index contributed by atoms with van der Waals surface area (Å²) in [6.45, 7) is 0.336. The van der Waals surface area contributed by atoms with Gasteiger partial charge >= 0.3 is 5.97 Å². The lowest BCUT2D eigenvalue weighted by Crippen LogP contribution is -2.39. The molecule has 4 unspecified atom stereocenters. The van der Waals surface area contributed by atoms with E-state index in [0.29, 0.717) is 6.54 Å². The molecule has 3 rings (SSSR count). The summed E-state index contributed by atoms with van der Waals surface area (Å²) < 4.78 is 0. The Bertz CT molecular complexity index is 593. The number of carboxylic acids is 1. The van der Waals surface area contributed by atoms with Crippen LogP contribution in [0.3, 0.4) is 0 Å². The van der Waals surface area contributed by atoms with E-state index < -0.39 is 17.8 Å². The maximum atomic E-state index is 12.3. The number of phenols is 1. The molecule has 4 atom stereocenters. The molecule has 21 heavy (non-hydrogen) atoms. The highest BCUT2D eigenvalue weighted by molar-refractivity contribution is 5.86. The van der Waals surface area contributed by atoms with Crippen molar-refractivity contribution < 1.29 is 19.8 Å². The summed E-state index contributed by atoms with van der Waals surface area (Å²) in [5.41, 5.74) is 0.867. The van der Waals surface area contributed by atoms with Crippen LogP contribution in [0.4, 0.5) is 0 Å². The first-order chi connectivity index (χ1) is 10.1. The van der Waals surface area contributed by atoms with Crippen LogP contribution in [-0.4, -0.2) is 22.1 Å². The molecular formula is C16H17NO4. The maximum absolute atomic E-state index is 12.3. The van der Waals surface area contributed by atoms with Crippen molar-refractivity contribution in [2.75, 3.05) is 0 Å². The van der Waals surface area contributed by atoms with Gasteiger partial charge in [0.25, 0.3) is 0 Å². The lowest BCUT2D eigenvalue weighted by molar-refractivity contribution is -0.147. The Kier molecular flexibility index (Phi) is 3.41. The molecule has 1 saturated carbocycles. The third kappa shape index (κ3) is 2.51. The number of amides is 1. The molecule has 5 heteroatoms. The van der Waals surface area contributed by atoms with Crippen molar-refractivity contribution in [1.29, 1.82) is 0 Å². The minimum absolute atomic E-state index is 0.0167. The first-order valence-electron chi connectivity index (χ1n) is 7.03. The van der Waals surface area contributed by atoms with Crippen molar-refractivity contribution in [3.05, 3.63) is 42.0 Å². The van der Waals surface area contributed by atoms with Crippen molar-refractivity contribution in [1.82, 2.24) is 5.32 Å². The van der Waals surface area contributed by atoms with Crippen LogP contribution in [0.2, 0.25) is 0 Å². The summed E-state index contributed by atoms with van der Waals surface area (Å²) in [4.78, 5) is 23.7. The summed E-state index contributed by atoms with van der Waals surface area (Å²) in [5.74, 6) is -1.99. The van der Waals surface area contributed by atoms with Gasteiger partial charge < -0.3 is 15.5 Å². The molecule has 2 aliphatic carbocycles. The number of carbonyl (C=O) groups excluding carboxylic acids is 1. The fourth-order valence-corrected chi connectivity index (χ4v) is 3.44. The number of carboxylic acid groups (broad SMARTS) is 1. The highest BCUT2D eigenvalue weighted by Crippen LogP contribution is 2.48. The largest absolute Gasteiger partial charge is 0.508 e. The highest BCUT2D eigenvalue weighted by atomic mass is 16.4. The Morgan fingerprint density at radius 3 is 2.33 bits per heavy atom. The molecule has 1 aromatic carbocycles. The Labute approximate surface area is 122 Å². The summed E-state index contributed by atoms with van der Waals surface area (Å²) >= 11 is 0. The normalized spacial score (nSPS) is 29.5. The Morgan fingerprint density at radius 1 is 1.10 bits per heavy atom. The van der Waals surface area contributed by atoms with E-state index >= 15 is 0 Å². The van der Waals surface area contributed by atoms with Crippen molar-refractivity contribution in [2.45, 2.75) is 13.0 Å². The summed E-state index contributed by atoms with van der Waals surface area (Å²) in [5, 5.41) is 21.4. The van der Waals surface area contributed by atoms with Crippen LogP contribution in [0.15, 0.2) is 36.4 Å². The fraction of sp³-hybridized carbons (Fsp3) is 0.375. The molecule has 0 radical (unpaired) electrons. The number of benzene rings is 1. The first kappa shape index (κ1) is 13.7. The standard InChI is InChI=1S/C16H17NO4/c18-12-5-1-9(2-6-12)8-17-15(19)13-10-3-4-11(7-10)14(13)16(20)21/h1-6,10-11,13-14,18H,7-8H2,(H,17,19)(H,20,21). The number of aromatic hydroxyl groups is 1. The third-order valence-corrected chi connectivity index (χ3v) is 4.45. The summed E-state index contributed by atoms with van der Waals surface area (Å²) in [6.07, 6.45) is 4.65.